The van der Waals surface area contributed by atoms with Gasteiger partial charge in [-0.3, -0.25) is 0 Å². The van der Waals surface area contributed by atoms with Crippen LogP contribution in [0.4, 0.5) is 4.79 Å². The standard InChI is InChI=1S/C13H24N2O2/c1-2-15-9-7-11(8-10-15)14-13(16)17-12-5-3-4-6-12/h11-12H,2-10H2,1H3,(H,14,16). The van der Waals surface area contributed by atoms with E-state index in [4.69, 9.17) is 4.74 Å². The Morgan fingerprint density at radius 3 is 2.47 bits per heavy atom. The third-order valence-corrected chi connectivity index (χ3v) is 3.93. The molecule has 0 bridgehead atoms. The lowest BCUT2D eigenvalue weighted by molar-refractivity contribution is 0.0931. The molecule has 1 aliphatic carbocycles. The molecular formula is C13H24N2O2. The molecule has 2 aliphatic rings. The Balaban J connectivity index is 1.65. The fourth-order valence-electron chi connectivity index (χ4n) is 2.75. The minimum Gasteiger partial charge on any atom is -0.446 e. The number of amides is 1. The molecule has 1 saturated heterocycles. The minimum absolute atomic E-state index is 0.172. The van der Waals surface area contributed by atoms with Gasteiger partial charge in [0, 0.05) is 19.1 Å². The van der Waals surface area contributed by atoms with E-state index >= 15 is 0 Å². The fraction of sp³-hybridized carbons (Fsp3) is 0.923. The predicted octanol–water partition coefficient (Wildman–Crippen LogP) is 2.14. The van der Waals surface area contributed by atoms with Crippen molar-refractivity contribution in [1.82, 2.24) is 10.2 Å². The van der Waals surface area contributed by atoms with Crippen molar-refractivity contribution < 1.29 is 9.53 Å². The quantitative estimate of drug-likeness (QED) is 0.821. The molecule has 0 radical (unpaired) electrons. The Hall–Kier alpha value is -0.770. The molecule has 1 N–H and O–H groups in total. The van der Waals surface area contributed by atoms with E-state index in [0.29, 0.717) is 6.04 Å². The smallest absolute Gasteiger partial charge is 0.407 e. The molecule has 1 aliphatic heterocycles. The first-order valence-corrected chi connectivity index (χ1v) is 6.97. The summed E-state index contributed by atoms with van der Waals surface area (Å²) in [4.78, 5) is 14.1. The normalized spacial score (nSPS) is 23.8. The highest BCUT2D eigenvalue weighted by atomic mass is 16.6. The van der Waals surface area contributed by atoms with Gasteiger partial charge in [-0.2, -0.15) is 0 Å². The first-order valence-electron chi connectivity index (χ1n) is 6.97. The van der Waals surface area contributed by atoms with Crippen LogP contribution >= 0.6 is 0 Å². The van der Waals surface area contributed by atoms with E-state index in [2.05, 4.69) is 17.1 Å². The number of carbonyl (C=O) groups is 1. The van der Waals surface area contributed by atoms with Gasteiger partial charge in [-0.25, -0.2) is 4.79 Å². The van der Waals surface area contributed by atoms with Crippen LogP contribution in [0.5, 0.6) is 0 Å². The first-order chi connectivity index (χ1) is 8.28. The molecule has 1 amide bonds. The minimum atomic E-state index is -0.202. The Bertz CT molecular complexity index is 244. The zero-order valence-electron chi connectivity index (χ0n) is 10.8. The number of rotatable bonds is 3. The largest absolute Gasteiger partial charge is 0.446 e. The fourth-order valence-corrected chi connectivity index (χ4v) is 2.75. The molecule has 4 heteroatoms. The van der Waals surface area contributed by atoms with Crippen LogP contribution in [0, 0.1) is 0 Å². The van der Waals surface area contributed by atoms with Crippen molar-refractivity contribution in [2.45, 2.75) is 57.6 Å². The second-order valence-corrected chi connectivity index (χ2v) is 5.16. The summed E-state index contributed by atoms with van der Waals surface area (Å²) in [5.41, 5.74) is 0. The van der Waals surface area contributed by atoms with Gasteiger partial charge in [-0.05, 0) is 45.1 Å². The third-order valence-electron chi connectivity index (χ3n) is 3.93. The monoisotopic (exact) mass is 240 g/mol. The number of ether oxygens (including phenoxy) is 1. The van der Waals surface area contributed by atoms with E-state index in [0.717, 1.165) is 45.3 Å². The SMILES string of the molecule is CCN1CCC(NC(=O)OC2CCCC2)CC1. The van der Waals surface area contributed by atoms with Crippen molar-refractivity contribution in [2.75, 3.05) is 19.6 Å². The summed E-state index contributed by atoms with van der Waals surface area (Å²) < 4.78 is 5.40. The van der Waals surface area contributed by atoms with E-state index in [1.54, 1.807) is 0 Å². The highest BCUT2D eigenvalue weighted by molar-refractivity contribution is 5.67. The van der Waals surface area contributed by atoms with Gasteiger partial charge in [0.25, 0.3) is 0 Å². The number of nitrogens with one attached hydrogen (secondary N) is 1. The van der Waals surface area contributed by atoms with Crippen molar-refractivity contribution in [3.05, 3.63) is 0 Å². The second-order valence-electron chi connectivity index (χ2n) is 5.16. The van der Waals surface area contributed by atoms with E-state index in [1.165, 1.54) is 12.8 Å². The number of hydrogen-bond donors (Lipinski definition) is 1. The molecule has 2 fully saturated rings. The lowest BCUT2D eigenvalue weighted by Crippen LogP contribution is -2.45. The zero-order chi connectivity index (χ0) is 12.1. The maximum atomic E-state index is 11.7. The van der Waals surface area contributed by atoms with Crippen LogP contribution in [0.25, 0.3) is 0 Å². The second kappa shape index (κ2) is 6.24. The molecular weight excluding hydrogens is 216 g/mol. The van der Waals surface area contributed by atoms with Gasteiger partial charge in [0.05, 0.1) is 0 Å². The summed E-state index contributed by atoms with van der Waals surface area (Å²) in [6, 6.07) is 0.312. The summed E-state index contributed by atoms with van der Waals surface area (Å²) in [6.45, 7) is 5.47. The van der Waals surface area contributed by atoms with Gasteiger partial charge in [0.1, 0.15) is 6.10 Å². The summed E-state index contributed by atoms with van der Waals surface area (Å²) in [7, 11) is 0. The van der Waals surface area contributed by atoms with Crippen LogP contribution in [-0.4, -0.2) is 42.8 Å². The predicted molar refractivity (Wildman–Crippen MR) is 67.0 cm³/mol. The molecule has 0 spiro atoms. The number of nitrogens with zero attached hydrogens (tertiary/aromatic N) is 1. The summed E-state index contributed by atoms with van der Waals surface area (Å²) in [5.74, 6) is 0. The molecule has 0 aromatic heterocycles. The van der Waals surface area contributed by atoms with Crippen molar-refractivity contribution >= 4 is 6.09 Å². The Morgan fingerprint density at radius 2 is 1.88 bits per heavy atom. The molecule has 1 heterocycles. The van der Waals surface area contributed by atoms with Crippen LogP contribution in [0.15, 0.2) is 0 Å². The lowest BCUT2D eigenvalue weighted by Gasteiger charge is -2.31. The van der Waals surface area contributed by atoms with Gasteiger partial charge in [-0.1, -0.05) is 6.92 Å². The Labute approximate surface area is 104 Å². The third kappa shape index (κ3) is 3.87. The van der Waals surface area contributed by atoms with Crippen molar-refractivity contribution in [1.29, 1.82) is 0 Å². The molecule has 4 nitrogen and oxygen atoms in total. The van der Waals surface area contributed by atoms with Gasteiger partial charge in [0.15, 0.2) is 0 Å². The van der Waals surface area contributed by atoms with E-state index in [1.807, 2.05) is 0 Å². The molecule has 1 saturated carbocycles. The van der Waals surface area contributed by atoms with Crippen molar-refractivity contribution in [3.8, 4) is 0 Å². The average Bonchev–Trinajstić information content (AvgIpc) is 2.82. The number of alkyl carbamates (subject to hydrolysis) is 1. The summed E-state index contributed by atoms with van der Waals surface area (Å²) in [5, 5.41) is 3.00. The Morgan fingerprint density at radius 1 is 1.24 bits per heavy atom. The van der Waals surface area contributed by atoms with Gasteiger partial charge >= 0.3 is 6.09 Å². The maximum Gasteiger partial charge on any atom is 0.407 e. The number of hydrogen-bond acceptors (Lipinski definition) is 3. The van der Waals surface area contributed by atoms with E-state index in [9.17, 15) is 4.79 Å². The van der Waals surface area contributed by atoms with Crippen LogP contribution in [0.2, 0.25) is 0 Å². The highest BCUT2D eigenvalue weighted by Gasteiger charge is 2.23. The maximum absolute atomic E-state index is 11.7. The highest BCUT2D eigenvalue weighted by Crippen LogP contribution is 2.21. The number of likely N-dealkylation sites (tertiary alicyclic amines) is 1. The number of piperidine rings is 1. The van der Waals surface area contributed by atoms with Crippen molar-refractivity contribution in [2.24, 2.45) is 0 Å². The molecule has 98 valence electrons. The molecule has 0 aromatic rings. The average molecular weight is 240 g/mol. The van der Waals surface area contributed by atoms with Gasteiger partial charge in [0.2, 0.25) is 0 Å². The molecule has 0 aromatic carbocycles. The zero-order valence-corrected chi connectivity index (χ0v) is 10.8. The number of carbonyl (C=O) groups excluding carboxylic acids is 1. The Kier molecular flexibility index (Phi) is 4.66. The molecule has 0 atom stereocenters. The van der Waals surface area contributed by atoms with Crippen LogP contribution < -0.4 is 5.32 Å². The van der Waals surface area contributed by atoms with Gasteiger partial charge < -0.3 is 15.0 Å². The van der Waals surface area contributed by atoms with Crippen LogP contribution in [-0.2, 0) is 4.74 Å². The molecule has 0 unspecified atom stereocenters. The topological polar surface area (TPSA) is 41.6 Å². The first kappa shape index (κ1) is 12.7. The van der Waals surface area contributed by atoms with Crippen molar-refractivity contribution in [3.63, 3.8) is 0 Å². The molecule has 2 rings (SSSR count). The van der Waals surface area contributed by atoms with Crippen LogP contribution in [0.1, 0.15) is 45.4 Å². The van der Waals surface area contributed by atoms with E-state index < -0.39 is 0 Å². The van der Waals surface area contributed by atoms with Gasteiger partial charge in [-0.15, -0.1) is 0 Å². The molecule has 17 heavy (non-hydrogen) atoms. The summed E-state index contributed by atoms with van der Waals surface area (Å²) in [6.07, 6.45) is 6.56. The van der Waals surface area contributed by atoms with E-state index in [-0.39, 0.29) is 12.2 Å². The lowest BCUT2D eigenvalue weighted by atomic mass is 10.1. The summed E-state index contributed by atoms with van der Waals surface area (Å²) >= 11 is 0. The van der Waals surface area contributed by atoms with Crippen LogP contribution in [0.3, 0.4) is 0 Å².